The summed E-state index contributed by atoms with van der Waals surface area (Å²) in [6.07, 6.45) is 9.29. The number of aliphatic hydroxyl groups is 1. The van der Waals surface area contributed by atoms with Crippen LogP contribution in [0.3, 0.4) is 0 Å². The smallest absolute Gasteiger partial charge is 0.350 e. The minimum Gasteiger partial charge on any atom is -0.383 e. The van der Waals surface area contributed by atoms with Crippen molar-refractivity contribution in [2.45, 2.75) is 51.8 Å². The van der Waals surface area contributed by atoms with Gasteiger partial charge in [-0.05, 0) is 49.4 Å². The molecule has 4 aromatic rings. The molecule has 0 bridgehead atoms. The van der Waals surface area contributed by atoms with E-state index in [2.05, 4.69) is 15.2 Å². The SMILES string of the molecule is CCC(C)n1ncn(-c2ccc(/C=C/C[C@H](C)[C@](O)(Cn3cncn3)c3ccc(F)cc3F)cc2)c1=O. The summed E-state index contributed by atoms with van der Waals surface area (Å²) in [6.45, 7) is 5.71. The van der Waals surface area contributed by atoms with Gasteiger partial charge >= 0.3 is 5.69 Å². The molecule has 0 fully saturated rings. The summed E-state index contributed by atoms with van der Waals surface area (Å²) >= 11 is 0. The van der Waals surface area contributed by atoms with Gasteiger partial charge in [0.25, 0.3) is 0 Å². The molecule has 3 atom stereocenters. The summed E-state index contributed by atoms with van der Waals surface area (Å²) in [4.78, 5) is 16.5. The largest absolute Gasteiger partial charge is 0.383 e. The second-order valence-electron chi connectivity index (χ2n) is 9.26. The molecular weight excluding hydrogens is 478 g/mol. The van der Waals surface area contributed by atoms with Crippen molar-refractivity contribution in [3.8, 4) is 5.69 Å². The van der Waals surface area contributed by atoms with Crippen molar-refractivity contribution < 1.29 is 13.9 Å². The zero-order valence-corrected chi connectivity index (χ0v) is 21.0. The fraction of sp³-hybridized carbons (Fsp3) is 0.333. The van der Waals surface area contributed by atoms with Crippen molar-refractivity contribution in [3.63, 3.8) is 0 Å². The molecule has 4 rings (SSSR count). The van der Waals surface area contributed by atoms with Crippen LogP contribution in [0.4, 0.5) is 8.78 Å². The second kappa shape index (κ2) is 11.0. The van der Waals surface area contributed by atoms with Crippen LogP contribution in [-0.2, 0) is 12.1 Å². The van der Waals surface area contributed by atoms with Gasteiger partial charge in [0.05, 0.1) is 18.3 Å². The molecule has 2 heterocycles. The monoisotopic (exact) mass is 508 g/mol. The van der Waals surface area contributed by atoms with E-state index < -0.39 is 23.2 Å². The van der Waals surface area contributed by atoms with Crippen LogP contribution in [-0.4, -0.2) is 34.2 Å². The number of nitrogens with zero attached hydrogens (tertiary/aromatic N) is 6. The van der Waals surface area contributed by atoms with Crippen molar-refractivity contribution in [2.75, 3.05) is 0 Å². The first kappa shape index (κ1) is 26.2. The van der Waals surface area contributed by atoms with Crippen LogP contribution < -0.4 is 5.69 Å². The molecule has 0 radical (unpaired) electrons. The van der Waals surface area contributed by atoms with Gasteiger partial charge in [0.15, 0.2) is 0 Å². The van der Waals surface area contributed by atoms with Crippen molar-refractivity contribution in [3.05, 3.63) is 101 Å². The number of benzene rings is 2. The molecule has 0 aliphatic carbocycles. The summed E-state index contributed by atoms with van der Waals surface area (Å²) in [5.74, 6) is -1.98. The van der Waals surface area contributed by atoms with Gasteiger partial charge in [-0.3, -0.25) is 0 Å². The lowest BCUT2D eigenvalue weighted by atomic mass is 9.80. The molecule has 0 amide bonds. The van der Waals surface area contributed by atoms with E-state index in [1.165, 1.54) is 39.0 Å². The van der Waals surface area contributed by atoms with Gasteiger partial charge in [0.2, 0.25) is 0 Å². The highest BCUT2D eigenvalue weighted by Gasteiger charge is 2.38. The summed E-state index contributed by atoms with van der Waals surface area (Å²) in [5, 5.41) is 19.9. The topological polar surface area (TPSA) is 90.8 Å². The van der Waals surface area contributed by atoms with Crippen LogP contribution in [0.15, 0.2) is 72.3 Å². The van der Waals surface area contributed by atoms with Crippen molar-refractivity contribution in [1.82, 2.24) is 29.1 Å². The fourth-order valence-electron chi connectivity index (χ4n) is 4.23. The lowest BCUT2D eigenvalue weighted by Gasteiger charge is -2.34. The van der Waals surface area contributed by atoms with Gasteiger partial charge in [0.1, 0.15) is 36.2 Å². The Morgan fingerprint density at radius 1 is 1.08 bits per heavy atom. The molecule has 0 aliphatic heterocycles. The Hall–Kier alpha value is -3.92. The zero-order valence-electron chi connectivity index (χ0n) is 21.0. The van der Waals surface area contributed by atoms with Gasteiger partial charge in [-0.2, -0.15) is 10.2 Å². The Morgan fingerprint density at radius 3 is 2.49 bits per heavy atom. The third kappa shape index (κ3) is 5.59. The summed E-state index contributed by atoms with van der Waals surface area (Å²) < 4.78 is 32.6. The molecule has 194 valence electrons. The maximum Gasteiger partial charge on any atom is 0.350 e. The number of allylic oxidation sites excluding steroid dienone is 1. The molecule has 2 aromatic carbocycles. The maximum absolute atomic E-state index is 14.7. The summed E-state index contributed by atoms with van der Waals surface area (Å²) in [7, 11) is 0. The predicted octanol–water partition coefficient (Wildman–Crippen LogP) is 4.50. The molecule has 10 heteroatoms. The number of rotatable bonds is 10. The lowest BCUT2D eigenvalue weighted by Crippen LogP contribution is -2.39. The van der Waals surface area contributed by atoms with Crippen molar-refractivity contribution in [2.24, 2.45) is 5.92 Å². The maximum atomic E-state index is 14.7. The van der Waals surface area contributed by atoms with E-state index in [9.17, 15) is 18.7 Å². The van der Waals surface area contributed by atoms with E-state index in [4.69, 9.17) is 0 Å². The van der Waals surface area contributed by atoms with Crippen LogP contribution in [0.25, 0.3) is 11.8 Å². The van der Waals surface area contributed by atoms with Crippen LogP contribution in [0.5, 0.6) is 0 Å². The quantitative estimate of drug-likeness (QED) is 0.341. The number of aromatic nitrogens is 6. The molecule has 8 nitrogen and oxygen atoms in total. The number of halogens is 2. The van der Waals surface area contributed by atoms with Crippen molar-refractivity contribution >= 4 is 6.08 Å². The van der Waals surface area contributed by atoms with E-state index in [0.29, 0.717) is 12.1 Å². The molecule has 37 heavy (non-hydrogen) atoms. The van der Waals surface area contributed by atoms with E-state index in [1.54, 1.807) is 6.92 Å². The minimum absolute atomic E-state index is 0.00182. The first-order valence-electron chi connectivity index (χ1n) is 12.2. The van der Waals surface area contributed by atoms with Gasteiger partial charge in [0, 0.05) is 11.6 Å². The highest BCUT2D eigenvalue weighted by molar-refractivity contribution is 5.51. The molecule has 1 N–H and O–H groups in total. The highest BCUT2D eigenvalue weighted by Crippen LogP contribution is 2.35. The molecule has 1 unspecified atom stereocenters. The van der Waals surface area contributed by atoms with E-state index >= 15 is 0 Å². The van der Waals surface area contributed by atoms with Crippen LogP contribution in [0.2, 0.25) is 0 Å². The normalized spacial score (nSPS) is 15.1. The van der Waals surface area contributed by atoms with Crippen molar-refractivity contribution in [1.29, 1.82) is 0 Å². The molecular formula is C27H30F2N6O2. The lowest BCUT2D eigenvalue weighted by molar-refractivity contribution is -0.0379. The predicted molar refractivity (Wildman–Crippen MR) is 136 cm³/mol. The Balaban J connectivity index is 1.51. The second-order valence-corrected chi connectivity index (χ2v) is 9.26. The number of hydrogen-bond donors (Lipinski definition) is 1. The molecule has 0 saturated carbocycles. The average molecular weight is 509 g/mol. The first-order valence-corrected chi connectivity index (χ1v) is 12.2. The Kier molecular flexibility index (Phi) is 7.77. The minimum atomic E-state index is -1.66. The molecule has 0 aliphatic rings. The van der Waals surface area contributed by atoms with Gasteiger partial charge < -0.3 is 5.11 Å². The molecule has 2 aromatic heterocycles. The Bertz CT molecular complexity index is 1410. The standard InChI is InChI=1S/C27H30F2N6O2/c1-4-20(3)35-26(36)34(18-32-35)23-11-8-21(9-12-23)7-5-6-19(2)27(37,15-33-17-30-16-31-33)24-13-10-22(28)14-25(24)29/h5,7-14,16-20,37H,4,6,15H2,1-3H3/b7-5+/t19-,20?,27+/m0/s1. The Morgan fingerprint density at radius 2 is 1.84 bits per heavy atom. The molecule has 0 saturated heterocycles. The van der Waals surface area contributed by atoms with Crippen LogP contribution in [0, 0.1) is 17.6 Å². The van der Waals surface area contributed by atoms with Gasteiger partial charge in [-0.15, -0.1) is 0 Å². The van der Waals surface area contributed by atoms with Crippen LogP contribution in [0.1, 0.15) is 50.8 Å². The first-order chi connectivity index (χ1) is 17.7. The zero-order chi connectivity index (χ0) is 26.6. The van der Waals surface area contributed by atoms with Gasteiger partial charge in [-0.1, -0.05) is 44.2 Å². The average Bonchev–Trinajstić information content (AvgIpc) is 3.53. The van der Waals surface area contributed by atoms with E-state index in [1.807, 2.05) is 50.3 Å². The van der Waals surface area contributed by atoms with E-state index in [0.717, 1.165) is 24.1 Å². The third-order valence-corrected chi connectivity index (χ3v) is 6.76. The van der Waals surface area contributed by atoms with Gasteiger partial charge in [-0.25, -0.2) is 32.5 Å². The highest BCUT2D eigenvalue weighted by atomic mass is 19.1. The summed E-state index contributed by atoms with van der Waals surface area (Å²) in [5.41, 5.74) is -0.245. The third-order valence-electron chi connectivity index (χ3n) is 6.76. The number of hydrogen-bond acceptors (Lipinski definition) is 5. The summed E-state index contributed by atoms with van der Waals surface area (Å²) in [6, 6.07) is 10.6. The molecule has 0 spiro atoms. The van der Waals surface area contributed by atoms with E-state index in [-0.39, 0.29) is 23.8 Å². The fourth-order valence-corrected chi connectivity index (χ4v) is 4.23. The van der Waals surface area contributed by atoms with Crippen LogP contribution >= 0.6 is 0 Å². The Labute approximate surface area is 213 Å².